The fraction of sp³-hybridized carbons (Fsp3) is 0.143. The van der Waals surface area contributed by atoms with Crippen LogP contribution in [0.2, 0.25) is 0 Å². The van der Waals surface area contributed by atoms with Gasteiger partial charge in [-0.25, -0.2) is 0 Å². The maximum atomic E-state index is 11.8. The van der Waals surface area contributed by atoms with Crippen molar-refractivity contribution in [3.8, 4) is 11.6 Å². The summed E-state index contributed by atoms with van der Waals surface area (Å²) in [6.07, 6.45) is 1.58. The number of fused-ring (bicyclic) bond motifs is 1. The Balaban J connectivity index is 1.53. The SMILES string of the molecule is CNC(=O)c1cc(COc2nnc(Nc3ccc(OC)cc3)c3ccsc23)ccn1. The maximum Gasteiger partial charge on any atom is 0.269 e. The van der Waals surface area contributed by atoms with Crippen LogP contribution in [0.1, 0.15) is 16.1 Å². The fourth-order valence-electron chi connectivity index (χ4n) is 2.82. The highest BCUT2D eigenvalue weighted by atomic mass is 32.1. The molecular weight excluding hydrogens is 402 g/mol. The number of anilines is 2. The second-order valence-electron chi connectivity index (χ2n) is 6.29. The Labute approximate surface area is 176 Å². The number of carbonyl (C=O) groups excluding carboxylic acids is 1. The molecule has 3 aromatic heterocycles. The molecule has 0 fully saturated rings. The summed E-state index contributed by atoms with van der Waals surface area (Å²) in [6, 6.07) is 13.0. The van der Waals surface area contributed by atoms with Crippen molar-refractivity contribution in [1.29, 1.82) is 0 Å². The minimum absolute atomic E-state index is 0.244. The molecule has 2 N–H and O–H groups in total. The summed E-state index contributed by atoms with van der Waals surface area (Å²) in [7, 11) is 3.20. The van der Waals surface area contributed by atoms with E-state index >= 15 is 0 Å². The smallest absolute Gasteiger partial charge is 0.269 e. The van der Waals surface area contributed by atoms with Crippen LogP contribution in [0.15, 0.2) is 54.0 Å². The molecule has 4 aromatic rings. The molecule has 1 aromatic carbocycles. The van der Waals surface area contributed by atoms with Gasteiger partial charge in [-0.2, -0.15) is 0 Å². The molecule has 0 aliphatic carbocycles. The van der Waals surface area contributed by atoms with E-state index in [9.17, 15) is 4.79 Å². The lowest BCUT2D eigenvalue weighted by Crippen LogP contribution is -2.19. The fourth-order valence-corrected chi connectivity index (χ4v) is 3.65. The molecule has 0 aliphatic heterocycles. The first-order valence-electron chi connectivity index (χ1n) is 9.12. The van der Waals surface area contributed by atoms with Crippen molar-refractivity contribution in [2.24, 2.45) is 0 Å². The number of methoxy groups -OCH3 is 1. The molecule has 152 valence electrons. The number of nitrogens with one attached hydrogen (secondary N) is 2. The number of benzene rings is 1. The van der Waals surface area contributed by atoms with Gasteiger partial charge in [0.1, 0.15) is 22.8 Å². The Morgan fingerprint density at radius 2 is 1.97 bits per heavy atom. The van der Waals surface area contributed by atoms with Crippen LogP contribution in [0.4, 0.5) is 11.5 Å². The van der Waals surface area contributed by atoms with E-state index in [2.05, 4.69) is 25.8 Å². The maximum absolute atomic E-state index is 11.8. The summed E-state index contributed by atoms with van der Waals surface area (Å²) < 4.78 is 12.0. The van der Waals surface area contributed by atoms with Gasteiger partial charge in [0.05, 0.1) is 7.11 Å². The molecule has 0 saturated carbocycles. The van der Waals surface area contributed by atoms with Crippen LogP contribution in [-0.2, 0) is 6.61 Å². The van der Waals surface area contributed by atoms with Crippen LogP contribution >= 0.6 is 11.3 Å². The third kappa shape index (κ3) is 4.15. The molecule has 1 amide bonds. The van der Waals surface area contributed by atoms with Crippen molar-refractivity contribution in [1.82, 2.24) is 20.5 Å². The van der Waals surface area contributed by atoms with Crippen LogP contribution in [0.5, 0.6) is 11.6 Å². The summed E-state index contributed by atoms with van der Waals surface area (Å²) >= 11 is 1.53. The van der Waals surface area contributed by atoms with Gasteiger partial charge in [-0.3, -0.25) is 9.78 Å². The Kier molecular flexibility index (Phi) is 5.71. The molecular formula is C21H19N5O3S. The summed E-state index contributed by atoms with van der Waals surface area (Å²) in [6.45, 7) is 0.249. The average molecular weight is 421 g/mol. The van der Waals surface area contributed by atoms with Gasteiger partial charge < -0.3 is 20.1 Å². The lowest BCUT2D eigenvalue weighted by molar-refractivity contribution is 0.0958. The molecule has 0 radical (unpaired) electrons. The zero-order chi connectivity index (χ0) is 20.9. The molecule has 0 saturated heterocycles. The molecule has 30 heavy (non-hydrogen) atoms. The predicted molar refractivity (Wildman–Crippen MR) is 116 cm³/mol. The van der Waals surface area contributed by atoms with Crippen LogP contribution < -0.4 is 20.1 Å². The van der Waals surface area contributed by atoms with E-state index in [0.717, 1.165) is 27.1 Å². The number of amides is 1. The van der Waals surface area contributed by atoms with Gasteiger partial charge in [0, 0.05) is 24.3 Å². The largest absolute Gasteiger partial charge is 0.497 e. The zero-order valence-corrected chi connectivity index (χ0v) is 17.2. The van der Waals surface area contributed by atoms with Gasteiger partial charge in [0.2, 0.25) is 0 Å². The predicted octanol–water partition coefficient (Wildman–Crippen LogP) is 3.78. The van der Waals surface area contributed by atoms with Crippen molar-refractivity contribution >= 4 is 38.8 Å². The number of hydrogen-bond acceptors (Lipinski definition) is 8. The molecule has 0 atom stereocenters. The van der Waals surface area contributed by atoms with Crippen LogP contribution in [-0.4, -0.2) is 35.2 Å². The highest BCUT2D eigenvalue weighted by Gasteiger charge is 2.13. The lowest BCUT2D eigenvalue weighted by Gasteiger charge is -2.10. The van der Waals surface area contributed by atoms with E-state index in [1.807, 2.05) is 35.7 Å². The summed E-state index contributed by atoms with van der Waals surface area (Å²) in [5.74, 6) is 1.63. The minimum atomic E-state index is -0.244. The van der Waals surface area contributed by atoms with E-state index in [-0.39, 0.29) is 12.5 Å². The molecule has 0 bridgehead atoms. The Bertz CT molecular complexity index is 1180. The molecule has 0 spiro atoms. The van der Waals surface area contributed by atoms with Gasteiger partial charge in [0.15, 0.2) is 5.82 Å². The number of pyridine rings is 1. The Hall–Kier alpha value is -3.72. The normalized spacial score (nSPS) is 10.6. The minimum Gasteiger partial charge on any atom is -0.497 e. The number of rotatable bonds is 7. The van der Waals surface area contributed by atoms with Crippen molar-refractivity contribution < 1.29 is 14.3 Å². The van der Waals surface area contributed by atoms with Crippen LogP contribution in [0.25, 0.3) is 10.1 Å². The first-order chi connectivity index (χ1) is 14.7. The summed E-state index contributed by atoms with van der Waals surface area (Å²) in [5, 5.41) is 17.3. The number of thiophene rings is 1. The van der Waals surface area contributed by atoms with Gasteiger partial charge in [-0.05, 0) is 53.4 Å². The van der Waals surface area contributed by atoms with Gasteiger partial charge in [-0.15, -0.1) is 21.5 Å². The number of nitrogens with zero attached hydrogens (tertiary/aromatic N) is 3. The molecule has 4 rings (SSSR count). The van der Waals surface area contributed by atoms with E-state index < -0.39 is 0 Å². The standard InChI is InChI=1S/C21H19N5O3S/c1-22-20(27)17-11-13(7-9-23-17)12-29-21-18-16(8-10-30-18)19(25-26-21)24-14-3-5-15(28-2)6-4-14/h3-11H,12H2,1-2H3,(H,22,27)(H,24,25). The molecule has 3 heterocycles. The monoisotopic (exact) mass is 421 g/mol. The molecule has 8 nitrogen and oxygen atoms in total. The number of aromatic nitrogens is 3. The average Bonchev–Trinajstić information content (AvgIpc) is 3.29. The van der Waals surface area contributed by atoms with E-state index in [1.54, 1.807) is 32.5 Å². The molecule has 0 aliphatic rings. The molecule has 0 unspecified atom stereocenters. The van der Waals surface area contributed by atoms with Crippen LogP contribution in [0, 0.1) is 0 Å². The van der Waals surface area contributed by atoms with Crippen molar-refractivity contribution in [2.75, 3.05) is 19.5 Å². The number of hydrogen-bond donors (Lipinski definition) is 2. The summed E-state index contributed by atoms with van der Waals surface area (Å²) in [5.41, 5.74) is 2.03. The van der Waals surface area contributed by atoms with E-state index in [0.29, 0.717) is 17.4 Å². The number of carbonyl (C=O) groups is 1. The van der Waals surface area contributed by atoms with Crippen molar-refractivity contribution in [3.05, 3.63) is 65.3 Å². The van der Waals surface area contributed by atoms with E-state index in [1.165, 1.54) is 11.3 Å². The van der Waals surface area contributed by atoms with Crippen LogP contribution in [0.3, 0.4) is 0 Å². The highest BCUT2D eigenvalue weighted by Crippen LogP contribution is 2.34. The van der Waals surface area contributed by atoms with Gasteiger partial charge in [0.25, 0.3) is 11.8 Å². The Morgan fingerprint density at radius 1 is 1.13 bits per heavy atom. The van der Waals surface area contributed by atoms with E-state index in [4.69, 9.17) is 9.47 Å². The molecule has 9 heteroatoms. The third-order valence-corrected chi connectivity index (χ3v) is 5.27. The van der Waals surface area contributed by atoms with Gasteiger partial charge >= 0.3 is 0 Å². The van der Waals surface area contributed by atoms with Crippen molar-refractivity contribution in [2.45, 2.75) is 6.61 Å². The van der Waals surface area contributed by atoms with Crippen molar-refractivity contribution in [3.63, 3.8) is 0 Å². The van der Waals surface area contributed by atoms with Gasteiger partial charge in [-0.1, -0.05) is 0 Å². The quantitative estimate of drug-likeness (QED) is 0.469. The second kappa shape index (κ2) is 8.75. The number of ether oxygens (including phenoxy) is 2. The first-order valence-corrected chi connectivity index (χ1v) is 10.0. The zero-order valence-electron chi connectivity index (χ0n) is 16.4. The first kappa shape index (κ1) is 19.6. The second-order valence-corrected chi connectivity index (χ2v) is 7.20. The third-order valence-electron chi connectivity index (χ3n) is 4.37. The Morgan fingerprint density at radius 3 is 2.73 bits per heavy atom. The summed E-state index contributed by atoms with van der Waals surface area (Å²) in [4.78, 5) is 15.8. The topological polar surface area (TPSA) is 98.3 Å². The highest BCUT2D eigenvalue weighted by molar-refractivity contribution is 7.17. The lowest BCUT2D eigenvalue weighted by atomic mass is 10.2.